The Balaban J connectivity index is 2.23. The molecule has 1 atom stereocenters. The normalized spacial score (nSPS) is 12.6. The van der Waals surface area contributed by atoms with E-state index in [0.29, 0.717) is 6.54 Å². The predicted octanol–water partition coefficient (Wildman–Crippen LogP) is 0.326. The quantitative estimate of drug-likeness (QED) is 0.639. The molecule has 0 spiro atoms. The number of hydrogen-bond acceptors (Lipinski definition) is 4. The van der Waals surface area contributed by atoms with Crippen molar-refractivity contribution in [1.29, 1.82) is 0 Å². The van der Waals surface area contributed by atoms with Crippen molar-refractivity contribution >= 4 is 17.3 Å². The molecule has 1 heterocycles. The first kappa shape index (κ1) is 11.2. The SMILES string of the molecule is O=C(O)[C@H](CO)NCCc1cccs1. The second kappa shape index (κ2) is 5.74. The second-order valence-electron chi connectivity index (χ2n) is 2.86. The zero-order valence-electron chi connectivity index (χ0n) is 7.64. The largest absolute Gasteiger partial charge is 0.480 e. The van der Waals surface area contributed by atoms with Gasteiger partial charge in [-0.3, -0.25) is 4.79 Å². The Bertz CT molecular complexity index is 274. The fourth-order valence-electron chi connectivity index (χ4n) is 1.05. The molecule has 0 unspecified atom stereocenters. The zero-order chi connectivity index (χ0) is 10.4. The summed E-state index contributed by atoms with van der Waals surface area (Å²) in [5.41, 5.74) is 0. The first-order valence-electron chi connectivity index (χ1n) is 4.33. The minimum atomic E-state index is -1.02. The van der Waals surface area contributed by atoms with Gasteiger partial charge in [-0.05, 0) is 17.9 Å². The number of carbonyl (C=O) groups is 1. The highest BCUT2D eigenvalue weighted by atomic mass is 32.1. The van der Waals surface area contributed by atoms with E-state index in [1.165, 1.54) is 4.88 Å². The molecule has 1 aromatic rings. The number of thiophene rings is 1. The molecule has 0 saturated heterocycles. The maximum atomic E-state index is 10.5. The molecule has 4 nitrogen and oxygen atoms in total. The van der Waals surface area contributed by atoms with Gasteiger partial charge in [-0.1, -0.05) is 6.07 Å². The Morgan fingerprint density at radius 1 is 1.64 bits per heavy atom. The molecule has 0 bridgehead atoms. The van der Waals surface area contributed by atoms with Crippen molar-refractivity contribution in [2.24, 2.45) is 0 Å². The molecule has 1 aromatic heterocycles. The molecule has 78 valence electrons. The van der Waals surface area contributed by atoms with Crippen molar-refractivity contribution in [1.82, 2.24) is 5.32 Å². The van der Waals surface area contributed by atoms with Crippen molar-refractivity contribution in [3.63, 3.8) is 0 Å². The standard InChI is InChI=1S/C9H13NO3S/c11-6-8(9(12)13)10-4-3-7-2-1-5-14-7/h1-2,5,8,10-11H,3-4,6H2,(H,12,13)/t8-/m0/s1. The van der Waals surface area contributed by atoms with Crippen molar-refractivity contribution in [2.45, 2.75) is 12.5 Å². The van der Waals surface area contributed by atoms with Crippen LogP contribution in [0.4, 0.5) is 0 Å². The maximum absolute atomic E-state index is 10.5. The second-order valence-corrected chi connectivity index (χ2v) is 3.89. The summed E-state index contributed by atoms with van der Waals surface area (Å²) < 4.78 is 0. The highest BCUT2D eigenvalue weighted by Gasteiger charge is 2.14. The van der Waals surface area contributed by atoms with Gasteiger partial charge in [0.25, 0.3) is 0 Å². The van der Waals surface area contributed by atoms with Crippen molar-refractivity contribution in [3.05, 3.63) is 22.4 Å². The molecule has 0 saturated carbocycles. The van der Waals surface area contributed by atoms with E-state index in [9.17, 15) is 4.79 Å². The van der Waals surface area contributed by atoms with Gasteiger partial charge in [-0.2, -0.15) is 0 Å². The summed E-state index contributed by atoms with van der Waals surface area (Å²) in [7, 11) is 0. The van der Waals surface area contributed by atoms with Gasteiger partial charge in [0.15, 0.2) is 0 Å². The number of aliphatic hydroxyl groups is 1. The third-order valence-corrected chi connectivity index (χ3v) is 2.76. The van der Waals surface area contributed by atoms with Gasteiger partial charge in [0.05, 0.1) is 6.61 Å². The third kappa shape index (κ3) is 3.45. The summed E-state index contributed by atoms with van der Waals surface area (Å²) in [6.07, 6.45) is 0.793. The number of rotatable bonds is 6. The maximum Gasteiger partial charge on any atom is 0.323 e. The summed E-state index contributed by atoms with van der Waals surface area (Å²) in [6, 6.07) is 3.11. The number of aliphatic hydroxyl groups excluding tert-OH is 1. The van der Waals surface area contributed by atoms with E-state index in [0.717, 1.165) is 6.42 Å². The van der Waals surface area contributed by atoms with Crippen molar-refractivity contribution < 1.29 is 15.0 Å². The van der Waals surface area contributed by atoms with Gasteiger partial charge in [0.1, 0.15) is 6.04 Å². The highest BCUT2D eigenvalue weighted by molar-refractivity contribution is 7.09. The molecular formula is C9H13NO3S. The van der Waals surface area contributed by atoms with Crippen LogP contribution in [0.2, 0.25) is 0 Å². The fourth-order valence-corrected chi connectivity index (χ4v) is 1.76. The number of carboxylic acids is 1. The third-order valence-electron chi connectivity index (χ3n) is 1.82. The van der Waals surface area contributed by atoms with Crippen LogP contribution >= 0.6 is 11.3 Å². The van der Waals surface area contributed by atoms with Gasteiger partial charge in [-0.15, -0.1) is 11.3 Å². The number of hydrogen-bond donors (Lipinski definition) is 3. The molecule has 0 amide bonds. The van der Waals surface area contributed by atoms with E-state index in [4.69, 9.17) is 10.2 Å². The van der Waals surface area contributed by atoms with Crippen LogP contribution < -0.4 is 5.32 Å². The first-order valence-corrected chi connectivity index (χ1v) is 5.21. The van der Waals surface area contributed by atoms with Crippen molar-refractivity contribution in [2.75, 3.05) is 13.2 Å². The Kier molecular flexibility index (Phi) is 4.58. The van der Waals surface area contributed by atoms with E-state index in [-0.39, 0.29) is 6.61 Å². The van der Waals surface area contributed by atoms with Crippen LogP contribution in [0.3, 0.4) is 0 Å². The Morgan fingerprint density at radius 2 is 2.43 bits per heavy atom. The van der Waals surface area contributed by atoms with Gasteiger partial charge < -0.3 is 15.5 Å². The summed E-state index contributed by atoms with van der Waals surface area (Å²) in [6.45, 7) is 0.192. The molecule has 5 heteroatoms. The van der Waals surface area contributed by atoms with E-state index in [2.05, 4.69) is 5.32 Å². The smallest absolute Gasteiger partial charge is 0.323 e. The molecule has 3 N–H and O–H groups in total. The van der Waals surface area contributed by atoms with E-state index < -0.39 is 12.0 Å². The molecule has 0 fully saturated rings. The lowest BCUT2D eigenvalue weighted by atomic mass is 10.3. The van der Waals surface area contributed by atoms with Crippen LogP contribution in [0.15, 0.2) is 17.5 Å². The minimum absolute atomic E-state index is 0.375. The Morgan fingerprint density at radius 3 is 2.93 bits per heavy atom. The van der Waals surface area contributed by atoms with E-state index in [1.54, 1.807) is 11.3 Å². The van der Waals surface area contributed by atoms with Gasteiger partial charge in [0.2, 0.25) is 0 Å². The van der Waals surface area contributed by atoms with Crippen LogP contribution in [-0.4, -0.2) is 35.4 Å². The molecule has 0 aliphatic rings. The molecule has 1 rings (SSSR count). The molecule has 0 aliphatic heterocycles. The van der Waals surface area contributed by atoms with Crippen molar-refractivity contribution in [3.8, 4) is 0 Å². The minimum Gasteiger partial charge on any atom is -0.480 e. The molecule has 0 aliphatic carbocycles. The van der Waals surface area contributed by atoms with Gasteiger partial charge in [-0.25, -0.2) is 0 Å². The molecule has 14 heavy (non-hydrogen) atoms. The lowest BCUT2D eigenvalue weighted by Gasteiger charge is -2.10. The molecular weight excluding hydrogens is 202 g/mol. The number of carboxylic acid groups (broad SMARTS) is 1. The topological polar surface area (TPSA) is 69.6 Å². The summed E-state index contributed by atoms with van der Waals surface area (Å²) in [5, 5.41) is 22.1. The predicted molar refractivity (Wildman–Crippen MR) is 54.5 cm³/mol. The number of nitrogens with one attached hydrogen (secondary N) is 1. The lowest BCUT2D eigenvalue weighted by molar-refractivity contribution is -0.140. The van der Waals surface area contributed by atoms with Gasteiger partial charge >= 0.3 is 5.97 Å². The Labute approximate surface area is 86.2 Å². The van der Waals surface area contributed by atoms with Crippen LogP contribution in [-0.2, 0) is 11.2 Å². The van der Waals surface area contributed by atoms with Crippen LogP contribution in [0, 0.1) is 0 Å². The average molecular weight is 215 g/mol. The average Bonchev–Trinajstić information content (AvgIpc) is 2.64. The zero-order valence-corrected chi connectivity index (χ0v) is 8.46. The van der Waals surface area contributed by atoms with Gasteiger partial charge in [0, 0.05) is 11.4 Å². The first-order chi connectivity index (χ1) is 6.74. The van der Waals surface area contributed by atoms with E-state index >= 15 is 0 Å². The van der Waals surface area contributed by atoms with E-state index in [1.807, 2.05) is 17.5 Å². The highest BCUT2D eigenvalue weighted by Crippen LogP contribution is 2.08. The summed E-state index contributed by atoms with van der Waals surface area (Å²) >= 11 is 1.64. The molecule has 0 aromatic carbocycles. The Hall–Kier alpha value is -0.910. The molecule has 0 radical (unpaired) electrons. The van der Waals surface area contributed by atoms with Crippen LogP contribution in [0.1, 0.15) is 4.88 Å². The lowest BCUT2D eigenvalue weighted by Crippen LogP contribution is -2.40. The summed E-state index contributed by atoms with van der Waals surface area (Å²) in [4.78, 5) is 11.7. The monoisotopic (exact) mass is 215 g/mol. The van der Waals surface area contributed by atoms with Crippen LogP contribution in [0.25, 0.3) is 0 Å². The fraction of sp³-hybridized carbons (Fsp3) is 0.444. The number of aliphatic carboxylic acids is 1. The summed E-state index contributed by atoms with van der Waals surface area (Å²) in [5.74, 6) is -1.02. The van der Waals surface area contributed by atoms with Crippen LogP contribution in [0.5, 0.6) is 0 Å².